The number of nitriles is 4. The van der Waals surface area contributed by atoms with Crippen LogP contribution in [0.15, 0.2) is 28.8 Å². The summed E-state index contributed by atoms with van der Waals surface area (Å²) < 4.78 is 19.1. The maximum atomic E-state index is 8.97. The van der Waals surface area contributed by atoms with Crippen LogP contribution in [0.1, 0.15) is 11.1 Å². The topological polar surface area (TPSA) is 132 Å². The lowest BCUT2D eigenvalue weighted by molar-refractivity contribution is 0.489. The fraction of sp³-hybridized carbons (Fsp3) is 0. The summed E-state index contributed by atoms with van der Waals surface area (Å²) in [7, 11) is 0. The lowest BCUT2D eigenvalue weighted by atomic mass is 9.97. The van der Waals surface area contributed by atoms with Gasteiger partial charge < -0.3 is 18.9 Å². The number of hydrogen-bond donors (Lipinski definition) is 0. The molecule has 0 aliphatic carbocycles. The Kier molecular flexibility index (Phi) is 7.84. The molecule has 2 rings (SSSR count). The third-order valence-electron chi connectivity index (χ3n) is 3.42. The van der Waals surface area contributed by atoms with Crippen molar-refractivity contribution in [1.29, 1.82) is 21.0 Å². The van der Waals surface area contributed by atoms with Crippen LogP contribution in [-0.2, 0) is 0 Å². The van der Waals surface area contributed by atoms with Crippen LogP contribution in [0.5, 0.6) is 23.0 Å². The second-order valence-electron chi connectivity index (χ2n) is 4.97. The van der Waals surface area contributed by atoms with Gasteiger partial charge in [-0.1, -0.05) is 46.4 Å². The summed E-state index contributed by atoms with van der Waals surface area (Å²) in [6.07, 6.45) is 5.89. The Bertz CT molecular complexity index is 1110. The number of hydrogen-bond acceptors (Lipinski definition) is 8. The first-order valence-corrected chi connectivity index (χ1v) is 8.85. The zero-order valence-corrected chi connectivity index (χ0v) is 17.3. The summed E-state index contributed by atoms with van der Waals surface area (Å²) in [5.74, 6) is -0.419. The van der Waals surface area contributed by atoms with Crippen molar-refractivity contribution in [2.75, 3.05) is 0 Å². The maximum absolute atomic E-state index is 8.97. The summed E-state index contributed by atoms with van der Waals surface area (Å²) in [5.41, 5.74) is 0.0474. The average molecular weight is 482 g/mol. The molecule has 0 aliphatic rings. The molecule has 0 fully saturated rings. The number of ether oxygens (including phenoxy) is 4. The van der Waals surface area contributed by atoms with Gasteiger partial charge in [-0.15, -0.1) is 21.0 Å². The Labute approximate surface area is 189 Å². The standard InChI is InChI=1S/C18H4Cl4N4O4/c19-11-3-13(27-5-23)9(1-15(11)29-7-25)17(18(21)22)10-2-16(30-8-26)12(20)4-14(10)28-6-24/h1-4H. The minimum absolute atomic E-state index is 0.0345. The minimum Gasteiger partial charge on any atom is -0.387 e. The zero-order chi connectivity index (χ0) is 22.3. The van der Waals surface area contributed by atoms with Crippen molar-refractivity contribution in [3.63, 3.8) is 0 Å². The van der Waals surface area contributed by atoms with Crippen LogP contribution < -0.4 is 18.9 Å². The average Bonchev–Trinajstić information content (AvgIpc) is 2.68. The molecule has 0 spiro atoms. The third-order valence-corrected chi connectivity index (χ3v) is 4.39. The van der Waals surface area contributed by atoms with Crippen LogP contribution in [0.2, 0.25) is 10.0 Å². The molecular formula is C18H4Cl4N4O4. The molecule has 0 saturated heterocycles. The Hall–Kier alpha value is -3.50. The van der Waals surface area contributed by atoms with Crippen molar-refractivity contribution >= 4 is 52.0 Å². The van der Waals surface area contributed by atoms with E-state index < -0.39 is 0 Å². The van der Waals surface area contributed by atoms with Gasteiger partial charge in [-0.3, -0.25) is 0 Å². The van der Waals surface area contributed by atoms with Gasteiger partial charge in [0.15, 0.2) is 23.0 Å². The SMILES string of the molecule is N#COc1cc(C(=C(Cl)Cl)c2cc(OC#N)c(Cl)cc2OC#N)c(OC#N)cc1Cl. The highest BCUT2D eigenvalue weighted by atomic mass is 35.5. The predicted octanol–water partition coefficient (Wildman–Crippen LogP) is 5.63. The van der Waals surface area contributed by atoms with E-state index in [1.165, 1.54) is 49.3 Å². The minimum atomic E-state index is -0.365. The molecule has 0 radical (unpaired) electrons. The van der Waals surface area contributed by atoms with Gasteiger partial charge in [0, 0.05) is 28.8 Å². The summed E-state index contributed by atoms with van der Waals surface area (Å²) in [5, 5.41) is 35.5. The highest BCUT2D eigenvalue weighted by molar-refractivity contribution is 6.59. The summed E-state index contributed by atoms with van der Waals surface area (Å²) in [6, 6.07) is 4.84. The van der Waals surface area contributed by atoms with E-state index in [1.54, 1.807) is 0 Å². The normalized spacial score (nSPS) is 9.20. The fourth-order valence-electron chi connectivity index (χ4n) is 2.33. The summed E-state index contributed by atoms with van der Waals surface area (Å²) >= 11 is 24.2. The summed E-state index contributed by atoms with van der Waals surface area (Å²) in [6.45, 7) is 0. The van der Waals surface area contributed by atoms with Crippen molar-refractivity contribution in [1.82, 2.24) is 0 Å². The lowest BCUT2D eigenvalue weighted by Gasteiger charge is -2.16. The van der Waals surface area contributed by atoms with Crippen molar-refractivity contribution in [2.45, 2.75) is 0 Å². The van der Waals surface area contributed by atoms with Gasteiger partial charge >= 0.3 is 0 Å². The van der Waals surface area contributed by atoms with Gasteiger partial charge in [-0.05, 0) is 12.1 Å². The van der Waals surface area contributed by atoms with E-state index in [2.05, 4.69) is 0 Å². The van der Waals surface area contributed by atoms with E-state index >= 15 is 0 Å². The van der Waals surface area contributed by atoms with E-state index in [0.29, 0.717) is 0 Å². The predicted molar refractivity (Wildman–Crippen MR) is 106 cm³/mol. The Morgan fingerprint density at radius 1 is 0.600 bits per heavy atom. The van der Waals surface area contributed by atoms with Crippen LogP contribution in [0.3, 0.4) is 0 Å². The highest BCUT2D eigenvalue weighted by Gasteiger charge is 2.24. The first kappa shape index (κ1) is 22.8. The molecule has 0 atom stereocenters. The van der Waals surface area contributed by atoms with Crippen molar-refractivity contribution in [3.05, 3.63) is 49.9 Å². The van der Waals surface area contributed by atoms with Gasteiger partial charge in [0.25, 0.3) is 25.0 Å². The molecule has 0 heterocycles. The highest BCUT2D eigenvalue weighted by Crippen LogP contribution is 2.46. The monoisotopic (exact) mass is 480 g/mol. The van der Waals surface area contributed by atoms with Crippen LogP contribution in [0.4, 0.5) is 0 Å². The van der Waals surface area contributed by atoms with Gasteiger partial charge in [-0.25, -0.2) is 0 Å². The summed E-state index contributed by atoms with van der Waals surface area (Å²) in [4.78, 5) is 0. The Balaban J connectivity index is 2.90. The van der Waals surface area contributed by atoms with Crippen LogP contribution in [-0.4, -0.2) is 0 Å². The Morgan fingerprint density at radius 2 is 0.933 bits per heavy atom. The number of rotatable bonds is 6. The van der Waals surface area contributed by atoms with E-state index in [1.807, 2.05) is 0 Å². The molecule has 0 amide bonds. The number of halogens is 4. The Morgan fingerprint density at radius 3 is 1.23 bits per heavy atom. The molecule has 0 N–H and O–H groups in total. The molecule has 2 aromatic carbocycles. The quantitative estimate of drug-likeness (QED) is 0.485. The van der Waals surface area contributed by atoms with E-state index in [0.717, 1.165) is 0 Å². The van der Waals surface area contributed by atoms with Gasteiger partial charge in [0.1, 0.15) is 4.49 Å². The molecule has 8 nitrogen and oxygen atoms in total. The van der Waals surface area contributed by atoms with E-state index in [-0.39, 0.29) is 54.2 Å². The molecule has 0 bridgehead atoms. The smallest absolute Gasteiger partial charge is 0.292 e. The van der Waals surface area contributed by atoms with E-state index in [9.17, 15) is 0 Å². The maximum Gasteiger partial charge on any atom is 0.292 e. The van der Waals surface area contributed by atoms with Crippen LogP contribution in [0.25, 0.3) is 5.57 Å². The first-order valence-electron chi connectivity index (χ1n) is 7.34. The second-order valence-corrected chi connectivity index (χ2v) is 6.73. The van der Waals surface area contributed by atoms with Crippen molar-refractivity contribution < 1.29 is 18.9 Å². The van der Waals surface area contributed by atoms with Gasteiger partial charge in [0.2, 0.25) is 0 Å². The van der Waals surface area contributed by atoms with Gasteiger partial charge in [0.05, 0.1) is 10.0 Å². The first-order chi connectivity index (χ1) is 14.4. The molecule has 2 aromatic rings. The molecule has 148 valence electrons. The largest absolute Gasteiger partial charge is 0.387 e. The third kappa shape index (κ3) is 4.91. The van der Waals surface area contributed by atoms with Crippen LogP contribution in [0, 0.1) is 46.1 Å². The molecule has 12 heteroatoms. The van der Waals surface area contributed by atoms with Gasteiger partial charge in [-0.2, -0.15) is 0 Å². The molecule has 0 saturated carbocycles. The molecule has 0 unspecified atom stereocenters. The van der Waals surface area contributed by atoms with Crippen molar-refractivity contribution in [2.24, 2.45) is 0 Å². The molecular weight excluding hydrogens is 478 g/mol. The molecule has 30 heavy (non-hydrogen) atoms. The lowest BCUT2D eigenvalue weighted by Crippen LogP contribution is -1.99. The van der Waals surface area contributed by atoms with Crippen molar-refractivity contribution in [3.8, 4) is 48.0 Å². The second kappa shape index (κ2) is 10.3. The zero-order valence-electron chi connectivity index (χ0n) is 14.2. The fourth-order valence-corrected chi connectivity index (χ4v) is 3.12. The molecule has 0 aromatic heterocycles. The van der Waals surface area contributed by atoms with E-state index in [4.69, 9.17) is 86.4 Å². The number of nitrogens with zero attached hydrogens (tertiary/aromatic N) is 4. The number of benzene rings is 2. The molecule has 0 aliphatic heterocycles. The van der Waals surface area contributed by atoms with Crippen LogP contribution >= 0.6 is 46.4 Å².